The molecule has 0 spiro atoms. The van der Waals surface area contributed by atoms with E-state index >= 15 is 0 Å². The Balaban J connectivity index is 1.56. The highest BCUT2D eigenvalue weighted by Crippen LogP contribution is 2.43. The predicted molar refractivity (Wildman–Crippen MR) is 213 cm³/mol. The van der Waals surface area contributed by atoms with Gasteiger partial charge in [0, 0.05) is 16.8 Å². The molecule has 5 aromatic rings. The zero-order chi connectivity index (χ0) is 36.3. The molecule has 0 saturated carbocycles. The summed E-state index contributed by atoms with van der Waals surface area (Å²) in [6.07, 6.45) is 0.834. The number of carbonyl (C=O) groups excluding carboxylic acids is 1. The molecular formula is C43H52N2O2S2. The number of nitrogens with one attached hydrogen (secondary N) is 1. The van der Waals surface area contributed by atoms with Gasteiger partial charge in [-0.05, 0) is 104 Å². The van der Waals surface area contributed by atoms with Crippen molar-refractivity contribution in [1.82, 2.24) is 4.98 Å². The molecule has 0 amide bonds. The second kappa shape index (κ2) is 12.9. The molecule has 6 heteroatoms. The lowest BCUT2D eigenvalue weighted by Crippen LogP contribution is -2.16. The average Bonchev–Trinajstić information content (AvgIpc) is 3.75. The Morgan fingerprint density at radius 3 is 1.45 bits per heavy atom. The van der Waals surface area contributed by atoms with Crippen molar-refractivity contribution in [2.75, 3.05) is 7.05 Å². The van der Waals surface area contributed by atoms with E-state index in [1.165, 1.54) is 22.3 Å². The van der Waals surface area contributed by atoms with Gasteiger partial charge < -0.3 is 10.1 Å². The van der Waals surface area contributed by atoms with Gasteiger partial charge in [0.05, 0.1) is 32.3 Å². The molecule has 2 N–H and O–H groups in total. The molecule has 0 fully saturated rings. The number of hydrogen-bond donors (Lipinski definition) is 2. The monoisotopic (exact) mass is 692 g/mol. The second-order valence-electron chi connectivity index (χ2n) is 17.3. The smallest absolute Gasteiger partial charge is 0.199 e. The SMILES string of the molecule is CN=C(c1ccc(-c2cc(C(C)(C)C)cc(C(C)(C)C)c2)s1)c1c(O)[nH]c(-c2ccc(-c3cc(C(C)(C)C)cc(C(C)(C)C)c3)s2)c1C=O. The summed E-state index contributed by atoms with van der Waals surface area (Å²) in [5.74, 6) is -0.0582. The number of rotatable bonds is 6. The Bertz CT molecular complexity index is 1980. The van der Waals surface area contributed by atoms with Crippen molar-refractivity contribution in [3.63, 3.8) is 0 Å². The fraction of sp³-hybridized carbons (Fsp3) is 0.395. The largest absolute Gasteiger partial charge is 0.494 e. The van der Waals surface area contributed by atoms with Gasteiger partial charge in [0.15, 0.2) is 12.2 Å². The van der Waals surface area contributed by atoms with Crippen LogP contribution in [0.1, 0.15) is 126 Å². The Morgan fingerprint density at radius 1 is 0.633 bits per heavy atom. The third-order valence-electron chi connectivity index (χ3n) is 9.19. The van der Waals surface area contributed by atoms with Crippen LogP contribution in [0.3, 0.4) is 0 Å². The molecule has 0 unspecified atom stereocenters. The molecule has 0 atom stereocenters. The van der Waals surface area contributed by atoms with E-state index in [2.05, 4.69) is 142 Å². The number of aliphatic imine (C=N–C) groups is 1. The highest BCUT2D eigenvalue weighted by atomic mass is 32.1. The first-order valence-corrected chi connectivity index (χ1v) is 18.7. The zero-order valence-corrected chi connectivity index (χ0v) is 33.1. The minimum atomic E-state index is -0.0582. The summed E-state index contributed by atoms with van der Waals surface area (Å²) in [4.78, 5) is 24.6. The van der Waals surface area contributed by atoms with Crippen molar-refractivity contribution < 1.29 is 9.90 Å². The maximum absolute atomic E-state index is 12.8. The minimum Gasteiger partial charge on any atom is -0.494 e. The molecular weight excluding hydrogens is 641 g/mol. The van der Waals surface area contributed by atoms with E-state index in [1.807, 2.05) is 12.1 Å². The molecule has 4 nitrogen and oxygen atoms in total. The van der Waals surface area contributed by atoms with E-state index in [9.17, 15) is 9.90 Å². The second-order valence-corrected chi connectivity index (χ2v) is 19.4. The number of aromatic hydroxyl groups is 1. The van der Waals surface area contributed by atoms with Crippen LogP contribution in [-0.4, -0.2) is 29.1 Å². The molecule has 0 aliphatic heterocycles. The van der Waals surface area contributed by atoms with Crippen LogP contribution < -0.4 is 0 Å². The molecule has 5 rings (SSSR count). The quantitative estimate of drug-likeness (QED) is 0.137. The molecule has 3 heterocycles. The van der Waals surface area contributed by atoms with Crippen LogP contribution in [0.15, 0.2) is 65.7 Å². The Kier molecular flexibility index (Phi) is 9.59. The fourth-order valence-electron chi connectivity index (χ4n) is 5.92. The number of aldehydes is 1. The summed E-state index contributed by atoms with van der Waals surface area (Å²) >= 11 is 3.24. The van der Waals surface area contributed by atoms with Crippen molar-refractivity contribution in [2.45, 2.75) is 105 Å². The summed E-state index contributed by atoms with van der Waals surface area (Å²) in [5, 5.41) is 11.3. The van der Waals surface area contributed by atoms with Gasteiger partial charge in [0.1, 0.15) is 0 Å². The number of nitrogens with zero attached hydrogens (tertiary/aromatic N) is 1. The number of carbonyl (C=O) groups is 1. The number of thiophene rings is 2. The Labute approximate surface area is 301 Å². The minimum absolute atomic E-state index is 0.00273. The van der Waals surface area contributed by atoms with Gasteiger partial charge in [-0.15, -0.1) is 22.7 Å². The lowest BCUT2D eigenvalue weighted by molar-refractivity contribution is 0.112. The lowest BCUT2D eigenvalue weighted by atomic mass is 9.79. The van der Waals surface area contributed by atoms with Gasteiger partial charge in [-0.2, -0.15) is 0 Å². The first kappa shape index (κ1) is 36.5. The average molecular weight is 693 g/mol. The van der Waals surface area contributed by atoms with E-state index in [4.69, 9.17) is 0 Å². The Hall–Kier alpha value is -3.74. The Morgan fingerprint density at radius 2 is 1.04 bits per heavy atom. The van der Waals surface area contributed by atoms with E-state index in [0.29, 0.717) is 22.5 Å². The molecule has 0 radical (unpaired) electrons. The van der Waals surface area contributed by atoms with E-state index in [1.54, 1.807) is 29.7 Å². The lowest BCUT2D eigenvalue weighted by Gasteiger charge is -2.26. The number of benzene rings is 2. The van der Waals surface area contributed by atoms with Crippen molar-refractivity contribution >= 4 is 34.7 Å². The number of H-pyrrole nitrogens is 1. The summed E-state index contributed by atoms with van der Waals surface area (Å²) < 4.78 is 0. The molecule has 0 saturated heterocycles. The van der Waals surface area contributed by atoms with Crippen LogP contribution >= 0.6 is 22.7 Å². The number of aromatic nitrogens is 1. The maximum Gasteiger partial charge on any atom is 0.199 e. The normalized spacial score (nSPS) is 13.3. The van der Waals surface area contributed by atoms with Crippen molar-refractivity contribution in [3.8, 4) is 37.3 Å². The molecule has 3 aromatic heterocycles. The van der Waals surface area contributed by atoms with Crippen LogP contribution in [0.2, 0.25) is 0 Å². The predicted octanol–water partition coefficient (Wildman–Crippen LogP) is 12.3. The van der Waals surface area contributed by atoms with Crippen molar-refractivity contribution in [3.05, 3.63) is 98.9 Å². The number of aromatic amines is 1. The van der Waals surface area contributed by atoms with E-state index in [0.717, 1.165) is 36.9 Å². The van der Waals surface area contributed by atoms with Crippen molar-refractivity contribution in [2.24, 2.45) is 4.99 Å². The van der Waals surface area contributed by atoms with Gasteiger partial charge in [-0.1, -0.05) is 95.2 Å². The molecule has 49 heavy (non-hydrogen) atoms. The highest BCUT2D eigenvalue weighted by molar-refractivity contribution is 7.19. The number of hydrogen-bond acceptors (Lipinski definition) is 5. The third-order valence-corrected chi connectivity index (χ3v) is 11.5. The van der Waals surface area contributed by atoms with Crippen LogP contribution in [0.4, 0.5) is 0 Å². The topological polar surface area (TPSA) is 65.5 Å². The van der Waals surface area contributed by atoms with Gasteiger partial charge in [-0.25, -0.2) is 0 Å². The first-order valence-electron chi connectivity index (χ1n) is 17.0. The maximum atomic E-state index is 12.8. The standard InChI is InChI=1S/C43H52N2O2S2/c1-40(2,3)27-18-25(19-28(22-27)41(4,5)6)32-14-16-34(48-32)37-31(24-46)36(39(47)45-37)38(44-13)35-17-15-33(49-35)26-20-29(42(7,8)9)23-30(21-26)43(10,11)12/h14-24,45,47H,1-13H3. The molecule has 0 aliphatic rings. The summed E-state index contributed by atoms with van der Waals surface area (Å²) in [6, 6.07) is 22.1. The summed E-state index contributed by atoms with van der Waals surface area (Å²) in [7, 11) is 1.71. The summed E-state index contributed by atoms with van der Waals surface area (Å²) in [5.41, 5.74) is 9.53. The van der Waals surface area contributed by atoms with Gasteiger partial charge in [0.2, 0.25) is 0 Å². The van der Waals surface area contributed by atoms with E-state index in [-0.39, 0.29) is 27.5 Å². The molecule has 0 bridgehead atoms. The van der Waals surface area contributed by atoms with Gasteiger partial charge >= 0.3 is 0 Å². The highest BCUT2D eigenvalue weighted by Gasteiger charge is 2.27. The molecule has 258 valence electrons. The molecule has 0 aliphatic carbocycles. The van der Waals surface area contributed by atoms with Crippen LogP contribution in [-0.2, 0) is 21.7 Å². The molecule has 2 aromatic carbocycles. The fourth-order valence-corrected chi connectivity index (χ4v) is 7.96. The van der Waals surface area contributed by atoms with Crippen LogP contribution in [0.5, 0.6) is 5.88 Å². The van der Waals surface area contributed by atoms with Gasteiger partial charge in [0.25, 0.3) is 0 Å². The van der Waals surface area contributed by atoms with Crippen molar-refractivity contribution in [1.29, 1.82) is 0 Å². The van der Waals surface area contributed by atoms with E-state index < -0.39 is 0 Å². The van der Waals surface area contributed by atoms with Crippen LogP contribution in [0, 0.1) is 0 Å². The first-order chi connectivity index (χ1) is 22.6. The van der Waals surface area contributed by atoms with Gasteiger partial charge in [-0.3, -0.25) is 9.79 Å². The third kappa shape index (κ3) is 7.56. The zero-order valence-electron chi connectivity index (χ0n) is 31.5. The summed E-state index contributed by atoms with van der Waals surface area (Å²) in [6.45, 7) is 26.9. The van der Waals surface area contributed by atoms with Crippen LogP contribution in [0.25, 0.3) is 31.5 Å².